The van der Waals surface area contributed by atoms with Gasteiger partial charge in [-0.1, -0.05) is 35.0 Å². The molecule has 0 fully saturated rings. The summed E-state index contributed by atoms with van der Waals surface area (Å²) >= 11 is 3.34. The Kier molecular flexibility index (Phi) is 5.15. The normalized spacial score (nSPS) is 14.1. The van der Waals surface area contributed by atoms with Crippen molar-refractivity contribution >= 4 is 21.8 Å². The zero-order valence-electron chi connectivity index (χ0n) is 10.2. The van der Waals surface area contributed by atoms with E-state index in [1.807, 2.05) is 31.2 Å². The standard InChI is InChI=1S/C13H18BrNO2/c1-3-13(2,17)9-15-12(16)8-10-4-6-11(14)7-5-10/h4-7,17H,3,8-9H2,1-2H3,(H,15,16). The van der Waals surface area contributed by atoms with Crippen molar-refractivity contribution in [3.8, 4) is 0 Å². The number of carbonyl (C=O) groups excluding carboxylic acids is 1. The highest BCUT2D eigenvalue weighted by Gasteiger charge is 2.18. The van der Waals surface area contributed by atoms with Gasteiger partial charge in [-0.25, -0.2) is 0 Å². The highest BCUT2D eigenvalue weighted by molar-refractivity contribution is 9.10. The molecule has 0 aliphatic carbocycles. The number of amides is 1. The zero-order valence-corrected chi connectivity index (χ0v) is 11.8. The third-order valence-electron chi connectivity index (χ3n) is 2.71. The summed E-state index contributed by atoms with van der Waals surface area (Å²) in [6, 6.07) is 7.62. The highest BCUT2D eigenvalue weighted by atomic mass is 79.9. The minimum absolute atomic E-state index is 0.0685. The largest absolute Gasteiger partial charge is 0.388 e. The fourth-order valence-corrected chi connectivity index (χ4v) is 1.53. The number of halogens is 1. The molecule has 4 heteroatoms. The van der Waals surface area contributed by atoms with Crippen LogP contribution in [0.4, 0.5) is 0 Å². The van der Waals surface area contributed by atoms with Gasteiger partial charge in [-0.3, -0.25) is 4.79 Å². The molecule has 1 unspecified atom stereocenters. The lowest BCUT2D eigenvalue weighted by atomic mass is 10.0. The summed E-state index contributed by atoms with van der Waals surface area (Å²) in [4.78, 5) is 11.6. The lowest BCUT2D eigenvalue weighted by Gasteiger charge is -2.21. The van der Waals surface area contributed by atoms with E-state index in [-0.39, 0.29) is 5.91 Å². The van der Waals surface area contributed by atoms with Crippen LogP contribution < -0.4 is 5.32 Å². The average Bonchev–Trinajstić information content (AvgIpc) is 2.30. The van der Waals surface area contributed by atoms with Crippen LogP contribution in [-0.2, 0) is 11.2 Å². The van der Waals surface area contributed by atoms with E-state index in [1.54, 1.807) is 6.92 Å². The third kappa shape index (κ3) is 5.33. The van der Waals surface area contributed by atoms with E-state index in [4.69, 9.17) is 0 Å². The second-order valence-corrected chi connectivity index (χ2v) is 5.35. The van der Waals surface area contributed by atoms with Crippen LogP contribution in [0.1, 0.15) is 25.8 Å². The van der Waals surface area contributed by atoms with Gasteiger partial charge in [0.2, 0.25) is 5.91 Å². The second-order valence-electron chi connectivity index (χ2n) is 4.43. The molecule has 0 saturated carbocycles. The molecule has 0 spiro atoms. The Balaban J connectivity index is 2.42. The van der Waals surface area contributed by atoms with E-state index in [0.717, 1.165) is 10.0 Å². The Bertz CT molecular complexity index is 374. The minimum atomic E-state index is -0.824. The second kappa shape index (κ2) is 6.17. The van der Waals surface area contributed by atoms with Crippen LogP contribution in [0, 0.1) is 0 Å². The first-order chi connectivity index (χ1) is 7.93. The Morgan fingerprint density at radius 2 is 2.00 bits per heavy atom. The van der Waals surface area contributed by atoms with E-state index in [0.29, 0.717) is 19.4 Å². The molecule has 0 radical (unpaired) electrons. The van der Waals surface area contributed by atoms with E-state index >= 15 is 0 Å². The van der Waals surface area contributed by atoms with Crippen LogP contribution in [-0.4, -0.2) is 23.2 Å². The lowest BCUT2D eigenvalue weighted by Crippen LogP contribution is -2.40. The molecule has 94 valence electrons. The van der Waals surface area contributed by atoms with Crippen LogP contribution in [0.25, 0.3) is 0 Å². The van der Waals surface area contributed by atoms with Gasteiger partial charge < -0.3 is 10.4 Å². The van der Waals surface area contributed by atoms with E-state index in [1.165, 1.54) is 0 Å². The fourth-order valence-electron chi connectivity index (χ4n) is 1.26. The molecule has 1 atom stereocenters. The monoisotopic (exact) mass is 299 g/mol. The quantitative estimate of drug-likeness (QED) is 0.876. The molecule has 2 N–H and O–H groups in total. The van der Waals surface area contributed by atoms with Crippen molar-refractivity contribution in [1.82, 2.24) is 5.32 Å². The van der Waals surface area contributed by atoms with Crippen LogP contribution in [0.5, 0.6) is 0 Å². The Labute approximate surface area is 110 Å². The summed E-state index contributed by atoms with van der Waals surface area (Å²) in [7, 11) is 0. The number of carbonyl (C=O) groups is 1. The molecule has 0 bridgehead atoms. The van der Waals surface area contributed by atoms with Gasteiger partial charge in [0.25, 0.3) is 0 Å². The van der Waals surface area contributed by atoms with Gasteiger partial charge in [-0.2, -0.15) is 0 Å². The Morgan fingerprint density at radius 1 is 1.41 bits per heavy atom. The molecule has 1 aromatic carbocycles. The molecule has 3 nitrogen and oxygen atoms in total. The van der Waals surface area contributed by atoms with Crippen molar-refractivity contribution in [3.63, 3.8) is 0 Å². The summed E-state index contributed by atoms with van der Waals surface area (Å²) in [6.07, 6.45) is 0.957. The molecule has 0 aliphatic rings. The number of hydrogen-bond acceptors (Lipinski definition) is 2. The number of nitrogens with one attached hydrogen (secondary N) is 1. The molecule has 1 aromatic rings. The van der Waals surface area contributed by atoms with Gasteiger partial charge in [-0.05, 0) is 31.0 Å². The average molecular weight is 300 g/mol. The first kappa shape index (κ1) is 14.2. The van der Waals surface area contributed by atoms with Crippen LogP contribution >= 0.6 is 15.9 Å². The van der Waals surface area contributed by atoms with Crippen molar-refractivity contribution in [3.05, 3.63) is 34.3 Å². The molecule has 17 heavy (non-hydrogen) atoms. The topological polar surface area (TPSA) is 49.3 Å². The summed E-state index contributed by atoms with van der Waals surface area (Å²) in [5.41, 5.74) is 0.136. The number of benzene rings is 1. The van der Waals surface area contributed by atoms with Gasteiger partial charge in [-0.15, -0.1) is 0 Å². The molecular weight excluding hydrogens is 282 g/mol. The van der Waals surface area contributed by atoms with Gasteiger partial charge in [0.1, 0.15) is 0 Å². The van der Waals surface area contributed by atoms with Crippen molar-refractivity contribution in [2.75, 3.05) is 6.54 Å². The van der Waals surface area contributed by atoms with Crippen molar-refractivity contribution in [2.45, 2.75) is 32.3 Å². The van der Waals surface area contributed by atoms with E-state index < -0.39 is 5.60 Å². The Morgan fingerprint density at radius 3 is 2.53 bits per heavy atom. The summed E-state index contributed by atoms with van der Waals surface area (Å²) < 4.78 is 0.996. The smallest absolute Gasteiger partial charge is 0.224 e. The SMILES string of the molecule is CCC(C)(O)CNC(=O)Cc1ccc(Br)cc1. The lowest BCUT2D eigenvalue weighted by molar-refractivity contribution is -0.121. The van der Waals surface area contributed by atoms with Gasteiger partial charge >= 0.3 is 0 Å². The number of hydrogen-bond donors (Lipinski definition) is 2. The maximum absolute atomic E-state index is 11.6. The Hall–Kier alpha value is -0.870. The fraction of sp³-hybridized carbons (Fsp3) is 0.462. The van der Waals surface area contributed by atoms with Gasteiger partial charge in [0.15, 0.2) is 0 Å². The van der Waals surface area contributed by atoms with Crippen LogP contribution in [0.2, 0.25) is 0 Å². The third-order valence-corrected chi connectivity index (χ3v) is 3.23. The highest BCUT2D eigenvalue weighted by Crippen LogP contribution is 2.11. The van der Waals surface area contributed by atoms with Gasteiger partial charge in [0, 0.05) is 11.0 Å². The van der Waals surface area contributed by atoms with E-state index in [9.17, 15) is 9.90 Å². The summed E-state index contributed by atoms with van der Waals surface area (Å²) in [5.74, 6) is -0.0685. The van der Waals surface area contributed by atoms with Crippen LogP contribution in [0.3, 0.4) is 0 Å². The molecule has 0 heterocycles. The predicted octanol–water partition coefficient (Wildman–Crippen LogP) is 2.27. The van der Waals surface area contributed by atoms with E-state index in [2.05, 4.69) is 21.2 Å². The molecular formula is C13H18BrNO2. The van der Waals surface area contributed by atoms with Gasteiger partial charge in [0.05, 0.1) is 12.0 Å². The molecule has 0 aliphatic heterocycles. The summed E-state index contributed by atoms with van der Waals surface area (Å²) in [6.45, 7) is 3.90. The number of aliphatic hydroxyl groups is 1. The molecule has 1 amide bonds. The predicted molar refractivity (Wildman–Crippen MR) is 71.8 cm³/mol. The molecule has 0 saturated heterocycles. The first-order valence-electron chi connectivity index (χ1n) is 5.66. The maximum Gasteiger partial charge on any atom is 0.224 e. The first-order valence-corrected chi connectivity index (χ1v) is 6.46. The minimum Gasteiger partial charge on any atom is -0.388 e. The number of rotatable bonds is 5. The zero-order chi connectivity index (χ0) is 12.9. The van der Waals surface area contributed by atoms with Crippen LogP contribution in [0.15, 0.2) is 28.7 Å². The molecule has 0 aromatic heterocycles. The summed E-state index contributed by atoms with van der Waals surface area (Å²) in [5, 5.41) is 12.5. The maximum atomic E-state index is 11.6. The van der Waals surface area contributed by atoms with Crippen molar-refractivity contribution in [1.29, 1.82) is 0 Å². The van der Waals surface area contributed by atoms with Crippen molar-refractivity contribution < 1.29 is 9.90 Å². The molecule has 1 rings (SSSR count). The van der Waals surface area contributed by atoms with Crippen molar-refractivity contribution in [2.24, 2.45) is 0 Å².